The van der Waals surface area contributed by atoms with Crippen molar-refractivity contribution in [2.24, 2.45) is 0 Å². The topological polar surface area (TPSA) is 290 Å². The van der Waals surface area contributed by atoms with Crippen molar-refractivity contribution < 1.29 is 86.6 Å². The van der Waals surface area contributed by atoms with E-state index in [-0.39, 0.29) is 68.0 Å². The van der Waals surface area contributed by atoms with E-state index < -0.39 is 105 Å². The smallest absolute Gasteiger partial charge is 0.347 e. The molecule has 3 aliphatic heterocycles. The van der Waals surface area contributed by atoms with Crippen LogP contribution in [-0.2, 0) is 62.2 Å². The molecule has 520 valence electrons. The predicted molar refractivity (Wildman–Crippen MR) is 366 cm³/mol. The summed E-state index contributed by atoms with van der Waals surface area (Å²) in [5.74, 6) is -8.42. The van der Waals surface area contributed by atoms with Crippen LogP contribution in [0.2, 0.25) is 15.1 Å². The SMILES string of the molecule is C.COC(=O)C1(F)[C@@H](O)[C@@]2(O)c3ncc(Cl)cc3O[C@@]2(c2ccc(Br)cc2)[C@@H]1c1ccccc1.COC(=O)C1(F)[C@@H](O)[C@@]2(O)c3ncc(Cl)cc3O[C@@]2(c2ccc(Br)cc2)[C@@H]1c1ccccc1.COC(=O)C1(F)[C@@H](O)[C@@]2(O)c3ncc(Cl)cc3O[C@@]2(c2ccc(C#N)cc2)[C@@H]1c1ccccc1. The summed E-state index contributed by atoms with van der Waals surface area (Å²) in [5.41, 5.74) is -21.0. The lowest BCUT2D eigenvalue weighted by molar-refractivity contribution is -0.177. The largest absolute Gasteiger partial charge is 0.476 e. The normalized spacial score (nSPS) is 31.4. The zero-order valence-corrected chi connectivity index (χ0v) is 57.6. The van der Waals surface area contributed by atoms with Crippen molar-refractivity contribution in [3.05, 3.63) is 281 Å². The molecule has 6 aromatic carbocycles. The Bertz CT molecular complexity index is 4570. The standard InChI is InChI=1S/C25H18ClFN2O5.2C24H18BrClFNO5.CH4/c1-33-22(31)23(27)19(15-5-3-2-4-6-15)25(16-9-7-14(12-28)8-10-16)24(32,21(23)30)20-18(34-25)11-17(26)13-29-20;2*1-32-21(30)22(27)18(13-5-3-2-4-6-13)24(14-7-9-15(25)10-8-14)23(31,20(22)29)19-17(33-24)11-16(26)12-28-19;/h2-11,13,19,21,30,32H,1H3;2*2-12,18,20,29,31H,1H3;1H4/t19-,21-,23?,24+,25+;2*18-,20-,22?,23+,24+;/m111./s1. The number of nitriles is 1. The fraction of sp³-hybridized carbons (Fsp3) is 0.257. The van der Waals surface area contributed by atoms with E-state index in [9.17, 15) is 50.3 Å². The van der Waals surface area contributed by atoms with E-state index in [4.69, 9.17) is 63.2 Å². The minimum atomic E-state index is -3.13. The summed E-state index contributed by atoms with van der Waals surface area (Å²) in [4.78, 5) is 51.3. The molecule has 15 atom stereocenters. The highest BCUT2D eigenvalue weighted by molar-refractivity contribution is 9.10. The van der Waals surface area contributed by atoms with Gasteiger partial charge in [-0.3, -0.25) is 15.0 Å². The predicted octanol–water partition coefficient (Wildman–Crippen LogP) is 11.8. The second-order valence-electron chi connectivity index (χ2n) is 24.5. The fourth-order valence-corrected chi connectivity index (χ4v) is 16.8. The minimum Gasteiger partial charge on any atom is -0.476 e. The maximum absolute atomic E-state index is 17.0. The Morgan fingerprint density at radius 1 is 0.455 bits per heavy atom. The number of alkyl halides is 3. The second-order valence-corrected chi connectivity index (χ2v) is 27.7. The van der Waals surface area contributed by atoms with Crippen molar-refractivity contribution in [1.82, 2.24) is 15.0 Å². The summed E-state index contributed by atoms with van der Waals surface area (Å²) >= 11 is 25.1. The number of aliphatic hydroxyl groups excluding tert-OH is 3. The second kappa shape index (κ2) is 26.1. The van der Waals surface area contributed by atoms with Crippen molar-refractivity contribution in [1.29, 1.82) is 5.26 Å². The number of carbonyl (C=O) groups is 3. The third kappa shape index (κ3) is 9.86. The lowest BCUT2D eigenvalue weighted by atomic mass is 9.71. The fourth-order valence-electron chi connectivity index (χ4n) is 15.8. The molecule has 0 radical (unpaired) electrons. The summed E-state index contributed by atoms with van der Waals surface area (Å²) < 4.78 is 85.7. The van der Waals surface area contributed by atoms with Gasteiger partial charge in [-0.25, -0.2) is 27.6 Å². The van der Waals surface area contributed by atoms with E-state index in [2.05, 4.69) is 46.8 Å². The molecule has 9 aromatic rings. The number of carbonyl (C=O) groups excluding carboxylic acids is 3. The van der Waals surface area contributed by atoms with E-state index in [1.54, 1.807) is 140 Å². The third-order valence-electron chi connectivity index (χ3n) is 19.8. The number of benzene rings is 6. The molecule has 3 aromatic heterocycles. The number of aliphatic hydroxyl groups is 6. The van der Waals surface area contributed by atoms with Crippen LogP contribution in [0.25, 0.3) is 0 Å². The van der Waals surface area contributed by atoms with Gasteiger partial charge in [-0.15, -0.1) is 0 Å². The van der Waals surface area contributed by atoms with Crippen molar-refractivity contribution in [2.45, 2.75) is 94.1 Å². The van der Waals surface area contributed by atoms with Crippen LogP contribution < -0.4 is 14.2 Å². The Balaban J connectivity index is 0.000000143. The molecule has 101 heavy (non-hydrogen) atoms. The van der Waals surface area contributed by atoms with Crippen LogP contribution in [0, 0.1) is 11.3 Å². The van der Waals surface area contributed by atoms with Gasteiger partial charge in [0.25, 0.3) is 0 Å². The summed E-state index contributed by atoms with van der Waals surface area (Å²) in [6.07, 6.45) is -3.12. The van der Waals surface area contributed by atoms with Gasteiger partial charge in [-0.2, -0.15) is 5.26 Å². The first-order chi connectivity index (χ1) is 47.7. The van der Waals surface area contributed by atoms with Crippen LogP contribution >= 0.6 is 66.7 Å². The first-order valence-corrected chi connectivity index (χ1v) is 33.1. The van der Waals surface area contributed by atoms with Crippen LogP contribution in [0.4, 0.5) is 13.2 Å². The van der Waals surface area contributed by atoms with E-state index >= 15 is 13.2 Å². The number of aromatic nitrogens is 3. The average Bonchev–Trinajstić information content (AvgIpc) is 1.50. The Hall–Kier alpha value is -8.55. The molecule has 3 aliphatic carbocycles. The molecule has 0 bridgehead atoms. The monoisotopic (exact) mass is 1560 g/mol. The molecule has 27 heteroatoms. The number of hydrogen-bond donors (Lipinski definition) is 6. The molecular formula is C74H58Br2Cl3F3N4O15. The lowest BCUT2D eigenvalue weighted by Gasteiger charge is -2.40. The summed E-state index contributed by atoms with van der Waals surface area (Å²) in [6.45, 7) is 0. The van der Waals surface area contributed by atoms with Gasteiger partial charge >= 0.3 is 17.9 Å². The van der Waals surface area contributed by atoms with E-state index in [0.717, 1.165) is 30.3 Å². The first-order valence-electron chi connectivity index (χ1n) is 30.4. The molecule has 3 unspecified atom stereocenters. The van der Waals surface area contributed by atoms with Gasteiger partial charge in [-0.05, 0) is 69.8 Å². The van der Waals surface area contributed by atoms with Crippen LogP contribution in [0.5, 0.6) is 17.2 Å². The van der Waals surface area contributed by atoms with Crippen molar-refractivity contribution >= 4 is 84.6 Å². The van der Waals surface area contributed by atoms with E-state index in [1.165, 1.54) is 61.1 Å². The van der Waals surface area contributed by atoms with Gasteiger partial charge in [-0.1, -0.05) is 201 Å². The zero-order chi connectivity index (χ0) is 71.5. The molecule has 0 amide bonds. The molecule has 3 fully saturated rings. The highest BCUT2D eigenvalue weighted by Gasteiger charge is 2.88. The number of fused-ring (bicyclic) bond motifs is 9. The van der Waals surface area contributed by atoms with Gasteiger partial charge in [0, 0.05) is 45.7 Å². The molecule has 0 saturated heterocycles. The average molecular weight is 1570 g/mol. The highest BCUT2D eigenvalue weighted by atomic mass is 79.9. The first kappa shape index (κ1) is 72.2. The van der Waals surface area contributed by atoms with Crippen LogP contribution in [0.3, 0.4) is 0 Å². The van der Waals surface area contributed by atoms with Gasteiger partial charge in [0.2, 0.25) is 17.0 Å². The Morgan fingerprint density at radius 3 is 0.941 bits per heavy atom. The molecule has 6 N–H and O–H groups in total. The number of ether oxygens (including phenoxy) is 6. The number of pyridine rings is 3. The number of esters is 3. The number of rotatable bonds is 9. The molecule has 19 nitrogen and oxygen atoms in total. The Morgan fingerprint density at radius 2 is 0.703 bits per heavy atom. The summed E-state index contributed by atoms with van der Waals surface area (Å²) in [7, 11) is 3.04. The number of halogens is 8. The maximum atomic E-state index is 17.0. The van der Waals surface area contributed by atoms with Gasteiger partial charge in [0.15, 0.2) is 33.6 Å². The van der Waals surface area contributed by atoms with Gasteiger partial charge in [0.05, 0.1) is 65.8 Å². The third-order valence-corrected chi connectivity index (χ3v) is 21.5. The minimum absolute atomic E-state index is 0. The number of methoxy groups -OCH3 is 3. The molecule has 6 aliphatic rings. The summed E-state index contributed by atoms with van der Waals surface area (Å²) in [6, 6.07) is 50.2. The lowest BCUT2D eigenvalue weighted by Crippen LogP contribution is -2.53. The van der Waals surface area contributed by atoms with E-state index in [0.29, 0.717) is 27.8 Å². The number of nitrogens with zero attached hydrogens (tertiary/aromatic N) is 4. The van der Waals surface area contributed by atoms with Crippen LogP contribution in [-0.4, -0.2) is 120 Å². The molecule has 3 saturated carbocycles. The van der Waals surface area contributed by atoms with Gasteiger partial charge in [0.1, 0.15) is 52.6 Å². The quantitative estimate of drug-likeness (QED) is 0.0578. The van der Waals surface area contributed by atoms with Gasteiger partial charge < -0.3 is 59.1 Å². The summed E-state index contributed by atoms with van der Waals surface area (Å²) in [5, 5.41) is 80.7. The number of hydrogen-bond acceptors (Lipinski definition) is 19. The molecular weight excluding hydrogens is 1510 g/mol. The Kier molecular flexibility index (Phi) is 18.6. The molecule has 0 spiro atoms. The van der Waals surface area contributed by atoms with E-state index in [1.807, 2.05) is 6.07 Å². The molecule has 15 rings (SSSR count). The van der Waals surface area contributed by atoms with Crippen LogP contribution in [0.1, 0.15) is 81.2 Å². The zero-order valence-electron chi connectivity index (χ0n) is 52.2. The van der Waals surface area contributed by atoms with Crippen molar-refractivity contribution in [3.63, 3.8) is 0 Å². The van der Waals surface area contributed by atoms with Crippen molar-refractivity contribution in [3.8, 4) is 23.3 Å². The Labute approximate surface area is 606 Å². The molecule has 6 heterocycles. The van der Waals surface area contributed by atoms with Crippen LogP contribution in [0.15, 0.2) is 210 Å². The maximum Gasteiger partial charge on any atom is 0.347 e. The highest BCUT2D eigenvalue weighted by Crippen LogP contribution is 2.74. The van der Waals surface area contributed by atoms with Crippen molar-refractivity contribution in [2.75, 3.05) is 21.3 Å².